The maximum Gasteiger partial charge on any atom is 0.387 e. The lowest BCUT2D eigenvalue weighted by Crippen LogP contribution is -2.45. The van der Waals surface area contributed by atoms with E-state index in [1.54, 1.807) is 53.6 Å². The van der Waals surface area contributed by atoms with Crippen molar-refractivity contribution >= 4 is 64.0 Å². The number of aromatic nitrogens is 10. The van der Waals surface area contributed by atoms with Crippen LogP contribution in [0.2, 0.25) is 25.7 Å². The largest absolute Gasteiger partial charge is 0.435 e. The van der Waals surface area contributed by atoms with E-state index in [4.69, 9.17) is 34.6 Å². The van der Waals surface area contributed by atoms with E-state index in [0.29, 0.717) is 98.5 Å². The lowest BCUT2D eigenvalue weighted by molar-refractivity contribution is -0.0504. The summed E-state index contributed by atoms with van der Waals surface area (Å²) in [7, 11) is 2.86. The average Bonchev–Trinajstić information content (AvgIpc) is 4.23. The van der Waals surface area contributed by atoms with Gasteiger partial charge in [0, 0.05) is 100 Å². The summed E-state index contributed by atoms with van der Waals surface area (Å²) in [6, 6.07) is 10.6. The Balaban J connectivity index is 0.000000193. The van der Waals surface area contributed by atoms with Crippen molar-refractivity contribution in [2.45, 2.75) is 111 Å². The number of fused-ring (bicyclic) bond motifs is 4. The van der Waals surface area contributed by atoms with E-state index in [1.807, 2.05) is 50.9 Å². The zero-order chi connectivity index (χ0) is 56.0. The Morgan fingerprint density at radius 2 is 1.21 bits per heavy atom. The summed E-state index contributed by atoms with van der Waals surface area (Å²) in [5, 5.41) is 16.9. The first-order valence-corrected chi connectivity index (χ1v) is 29.7. The van der Waals surface area contributed by atoms with Crippen molar-refractivity contribution in [1.29, 1.82) is 0 Å². The van der Waals surface area contributed by atoms with Crippen LogP contribution in [-0.4, -0.2) is 150 Å². The molecule has 2 aromatic carbocycles. The number of nitrogens with zero attached hydrogens (tertiary/aromatic N) is 11. The summed E-state index contributed by atoms with van der Waals surface area (Å²) in [5.74, 6) is 0.396. The maximum atomic E-state index is 13.4. The fourth-order valence-corrected chi connectivity index (χ4v) is 10.4. The lowest BCUT2D eigenvalue weighted by Gasteiger charge is -2.36. The molecule has 0 bridgehead atoms. The van der Waals surface area contributed by atoms with E-state index in [1.165, 1.54) is 12.1 Å². The summed E-state index contributed by atoms with van der Waals surface area (Å²) < 4.78 is 72.8. The van der Waals surface area contributed by atoms with Crippen LogP contribution in [0.4, 0.5) is 17.6 Å². The van der Waals surface area contributed by atoms with E-state index < -0.39 is 32.4 Å². The summed E-state index contributed by atoms with van der Waals surface area (Å²) in [6.07, 6.45) is 6.47. The van der Waals surface area contributed by atoms with Crippen molar-refractivity contribution in [3.63, 3.8) is 0 Å². The molecule has 2 aliphatic heterocycles. The minimum absolute atomic E-state index is 0.0348. The molecule has 24 heteroatoms. The number of carbonyl (C=O) groups excluding carboxylic acids is 2. The Kier molecular flexibility index (Phi) is 15.7. The van der Waals surface area contributed by atoms with Crippen LogP contribution in [0.5, 0.6) is 11.5 Å². The van der Waals surface area contributed by atoms with Crippen LogP contribution in [0.15, 0.2) is 61.2 Å². The Hall–Kier alpha value is -7.02. The van der Waals surface area contributed by atoms with Gasteiger partial charge in [-0.15, -0.1) is 0 Å². The molecule has 6 aromatic heterocycles. The van der Waals surface area contributed by atoms with Gasteiger partial charge in [0.2, 0.25) is 0 Å². The maximum absolute atomic E-state index is 13.4. The summed E-state index contributed by atoms with van der Waals surface area (Å²) >= 11 is 0. The summed E-state index contributed by atoms with van der Waals surface area (Å²) in [4.78, 5) is 52.4. The molecule has 10 rings (SSSR count). The number of likely N-dealkylation sites (tertiary alicyclic amines) is 2. The van der Waals surface area contributed by atoms with Gasteiger partial charge in [-0.2, -0.15) is 27.8 Å². The highest BCUT2D eigenvalue weighted by Crippen LogP contribution is 2.35. The first-order valence-electron chi connectivity index (χ1n) is 26.0. The van der Waals surface area contributed by atoms with Crippen LogP contribution in [0.1, 0.15) is 62.3 Å². The first kappa shape index (κ1) is 55.7. The van der Waals surface area contributed by atoms with Gasteiger partial charge in [-0.25, -0.2) is 19.9 Å². The van der Waals surface area contributed by atoms with E-state index in [9.17, 15) is 27.2 Å². The van der Waals surface area contributed by atoms with Crippen molar-refractivity contribution in [3.05, 3.63) is 72.3 Å². The molecule has 0 unspecified atom stereocenters. The van der Waals surface area contributed by atoms with Gasteiger partial charge in [0.25, 0.3) is 11.8 Å². The fraction of sp³-hybridized carbons (Fsp3) is 0.481. The smallest absolute Gasteiger partial charge is 0.387 e. The highest BCUT2D eigenvalue weighted by molar-refractivity contribution is 6.76. The fourth-order valence-electron chi connectivity index (χ4n) is 9.67. The third-order valence-electron chi connectivity index (χ3n) is 13.2. The number of benzene rings is 2. The van der Waals surface area contributed by atoms with Gasteiger partial charge < -0.3 is 44.2 Å². The summed E-state index contributed by atoms with van der Waals surface area (Å²) in [6.45, 7) is 18.5. The normalized spacial score (nSPS) is 15.1. The third kappa shape index (κ3) is 13.1. The minimum atomic E-state index is -2.95. The second-order valence-electron chi connectivity index (χ2n) is 23.7. The zero-order valence-electron chi connectivity index (χ0n) is 45.9. The van der Waals surface area contributed by atoms with E-state index in [2.05, 4.69) is 68.9 Å². The van der Waals surface area contributed by atoms with Gasteiger partial charge >= 0.3 is 13.2 Å². The number of hydrogen-bond donors (Lipinski definition) is 3. The molecule has 0 aliphatic carbocycles. The second kappa shape index (κ2) is 22.0. The van der Waals surface area contributed by atoms with Crippen LogP contribution >= 0.6 is 0 Å². The average molecular weight is 1100 g/mol. The van der Waals surface area contributed by atoms with Gasteiger partial charge in [0.1, 0.15) is 52.0 Å². The molecule has 0 atom stereocenters. The van der Waals surface area contributed by atoms with Crippen molar-refractivity contribution in [2.24, 2.45) is 11.8 Å². The standard InChI is InChI=1S/C30H41F2N7O3Si.C24H27F2N7O2/c1-30(2,3)35-28(40)22-17-38(18-41-10-11-43(5,6)7)27-26(22)34-23(13-33-27)25-21-12-20(42-29(31)32)8-9-24(21)39(36-25)16-19-14-37(4)15-19;1-24(2,3)30-22(34)16-8-27-21-20(16)29-17(9-28-21)19-15-7-14(35-23(25)26)5-6-18(15)33(31-19)12-13-10-32(4)11-13/h8-9,12-13,17,19,29H,10-11,14-16,18H2,1-7H3,(H,35,40);5-9,13,23H,10-12H2,1-4H3,(H,27,28)(H,30,34). The van der Waals surface area contributed by atoms with Crippen molar-refractivity contribution in [1.82, 2.24) is 69.5 Å². The van der Waals surface area contributed by atoms with Crippen LogP contribution in [0, 0.1) is 11.8 Å². The molecular weight excluding hydrogens is 1030 g/mol. The predicted molar refractivity (Wildman–Crippen MR) is 293 cm³/mol. The highest BCUT2D eigenvalue weighted by Gasteiger charge is 2.29. The number of hydrogen-bond acceptors (Lipinski definition) is 13. The molecule has 19 nitrogen and oxygen atoms in total. The van der Waals surface area contributed by atoms with E-state index >= 15 is 0 Å². The molecule has 0 radical (unpaired) electrons. The molecule has 2 aliphatic rings. The van der Waals surface area contributed by atoms with E-state index in [-0.39, 0.29) is 30.0 Å². The Morgan fingerprint density at radius 1 is 0.718 bits per heavy atom. The molecule has 0 spiro atoms. The van der Waals surface area contributed by atoms with Crippen LogP contribution in [0.25, 0.3) is 66.9 Å². The van der Waals surface area contributed by atoms with Gasteiger partial charge in [0.05, 0.1) is 34.6 Å². The predicted octanol–water partition coefficient (Wildman–Crippen LogP) is 9.12. The quantitative estimate of drug-likeness (QED) is 0.0443. The molecule has 8 heterocycles. The van der Waals surface area contributed by atoms with E-state index in [0.717, 1.165) is 43.3 Å². The molecule has 78 heavy (non-hydrogen) atoms. The second-order valence-corrected chi connectivity index (χ2v) is 29.3. The SMILES string of the molecule is CN1CC(Cn2nc(-c3cnc4[nH]cc(C(=O)NC(C)(C)C)c4n3)c3cc(OC(F)F)ccc32)C1.CN1CC(Cn2nc(-c3cnc4c(n3)c(C(=O)NC(C)(C)C)cn4COCC[Si](C)(C)C)c3cc(OC(F)F)ccc32)C1. The molecule has 2 saturated heterocycles. The van der Waals surface area contributed by atoms with Crippen molar-refractivity contribution in [3.8, 4) is 34.3 Å². The molecule has 416 valence electrons. The van der Waals surface area contributed by atoms with Crippen LogP contribution in [-0.2, 0) is 24.6 Å². The van der Waals surface area contributed by atoms with Crippen molar-refractivity contribution < 1.29 is 41.4 Å². The molecule has 8 aromatic rings. The lowest BCUT2D eigenvalue weighted by atomic mass is 10.0. The Morgan fingerprint density at radius 3 is 1.68 bits per heavy atom. The van der Waals surface area contributed by atoms with Crippen LogP contribution < -0.4 is 20.1 Å². The first-order chi connectivity index (χ1) is 36.7. The molecular formula is C54H68F4N14O5Si. The molecule has 2 fully saturated rings. The summed E-state index contributed by atoms with van der Waals surface area (Å²) in [5.41, 5.74) is 5.08. The topological polar surface area (TPSA) is 200 Å². The Bertz CT molecular complexity index is 3470. The number of aromatic amines is 1. The highest BCUT2D eigenvalue weighted by atomic mass is 28.3. The monoisotopic (exact) mass is 1100 g/mol. The number of H-pyrrole nitrogens is 1. The van der Waals surface area contributed by atoms with Crippen LogP contribution in [0.3, 0.4) is 0 Å². The van der Waals surface area contributed by atoms with Gasteiger partial charge in [-0.1, -0.05) is 19.6 Å². The molecule has 2 amide bonds. The number of halogens is 4. The number of carbonyl (C=O) groups is 2. The number of ether oxygens (including phenoxy) is 3. The molecule has 0 saturated carbocycles. The minimum Gasteiger partial charge on any atom is -0.435 e. The van der Waals surface area contributed by atoms with Gasteiger partial charge in [0.15, 0.2) is 11.3 Å². The number of alkyl halides is 4. The number of rotatable bonds is 17. The number of amides is 2. The van der Waals surface area contributed by atoms with Gasteiger partial charge in [-0.3, -0.25) is 19.0 Å². The molecule has 3 N–H and O–H groups in total. The van der Waals surface area contributed by atoms with Gasteiger partial charge in [-0.05, 0) is 98.1 Å². The zero-order valence-corrected chi connectivity index (χ0v) is 46.9. The number of nitrogens with one attached hydrogen (secondary N) is 3. The Labute approximate surface area is 450 Å². The van der Waals surface area contributed by atoms with Crippen molar-refractivity contribution in [2.75, 3.05) is 46.9 Å². The third-order valence-corrected chi connectivity index (χ3v) is 14.9.